The average molecular weight is 368 g/mol. The summed E-state index contributed by atoms with van der Waals surface area (Å²) in [5.41, 5.74) is 0.776. The second kappa shape index (κ2) is 6.71. The van der Waals surface area contributed by atoms with Crippen LogP contribution in [0.4, 0.5) is 14.9 Å². The van der Waals surface area contributed by atoms with Gasteiger partial charge in [0.15, 0.2) is 0 Å². The standard InChI is InChI=1S/C15H17FN4O4S/c1-8(21)17-6-10-7-20(15(22)24-10)9-4-11(16)13-12(5-9)25-14(18-23-3)19(13)2/h4-5,10H,6-7H2,1-3H3,(H,17,21)/t10-/m0/s1. The highest BCUT2D eigenvalue weighted by Crippen LogP contribution is 2.29. The molecule has 8 nitrogen and oxygen atoms in total. The minimum atomic E-state index is -0.572. The fourth-order valence-electron chi connectivity index (χ4n) is 2.64. The highest BCUT2D eigenvalue weighted by molar-refractivity contribution is 7.16. The van der Waals surface area contributed by atoms with E-state index in [-0.39, 0.29) is 19.0 Å². The third kappa shape index (κ3) is 3.29. The quantitative estimate of drug-likeness (QED) is 0.825. The molecule has 1 aromatic heterocycles. The van der Waals surface area contributed by atoms with Crippen molar-refractivity contribution in [3.05, 3.63) is 22.8 Å². The minimum absolute atomic E-state index is 0.206. The predicted octanol–water partition coefficient (Wildman–Crippen LogP) is 1.30. The summed E-state index contributed by atoms with van der Waals surface area (Å²) in [7, 11) is 3.11. The van der Waals surface area contributed by atoms with Gasteiger partial charge in [0.1, 0.15) is 19.0 Å². The number of anilines is 1. The predicted molar refractivity (Wildman–Crippen MR) is 89.6 cm³/mol. The fraction of sp³-hybridized carbons (Fsp3) is 0.400. The van der Waals surface area contributed by atoms with Gasteiger partial charge in [-0.25, -0.2) is 9.18 Å². The van der Waals surface area contributed by atoms with E-state index in [2.05, 4.69) is 10.5 Å². The molecule has 2 aromatic rings. The topological polar surface area (TPSA) is 85.2 Å². The Labute approximate surface area is 146 Å². The van der Waals surface area contributed by atoms with Crippen LogP contribution >= 0.6 is 11.3 Å². The highest BCUT2D eigenvalue weighted by atomic mass is 32.1. The molecule has 0 unspecified atom stereocenters. The molecule has 1 atom stereocenters. The number of thiazole rings is 1. The molecule has 1 fully saturated rings. The number of carbonyl (C=O) groups excluding carboxylic acids is 2. The second-order valence-corrected chi connectivity index (χ2v) is 6.55. The summed E-state index contributed by atoms with van der Waals surface area (Å²) in [6, 6.07) is 2.99. The lowest BCUT2D eigenvalue weighted by molar-refractivity contribution is -0.119. The Morgan fingerprint density at radius 3 is 3.00 bits per heavy atom. The number of nitrogens with one attached hydrogen (secondary N) is 1. The highest BCUT2D eigenvalue weighted by Gasteiger charge is 2.33. The van der Waals surface area contributed by atoms with E-state index in [1.807, 2.05) is 0 Å². The van der Waals surface area contributed by atoms with Crippen molar-refractivity contribution in [3.63, 3.8) is 0 Å². The molecule has 1 aliphatic heterocycles. The van der Waals surface area contributed by atoms with Gasteiger partial charge in [-0.3, -0.25) is 9.69 Å². The molecule has 0 bridgehead atoms. The zero-order chi connectivity index (χ0) is 18.1. The Balaban J connectivity index is 1.93. The van der Waals surface area contributed by atoms with Crippen molar-refractivity contribution < 1.29 is 23.6 Å². The van der Waals surface area contributed by atoms with Crippen LogP contribution in [-0.4, -0.2) is 42.9 Å². The molecule has 2 heterocycles. The Bertz CT molecular complexity index is 907. The summed E-state index contributed by atoms with van der Waals surface area (Å²) in [6.07, 6.45) is -1.05. The number of aryl methyl sites for hydroxylation is 1. The van der Waals surface area contributed by atoms with E-state index in [9.17, 15) is 14.0 Å². The number of hydrogen-bond acceptors (Lipinski definition) is 6. The molecular weight excluding hydrogens is 351 g/mol. The first-order valence-electron chi connectivity index (χ1n) is 7.49. The van der Waals surface area contributed by atoms with Crippen molar-refractivity contribution in [3.8, 4) is 0 Å². The van der Waals surface area contributed by atoms with Crippen molar-refractivity contribution >= 4 is 39.2 Å². The molecular formula is C15H17FN4O4S. The number of aromatic nitrogens is 1. The van der Waals surface area contributed by atoms with Crippen molar-refractivity contribution in [2.24, 2.45) is 12.2 Å². The molecule has 0 spiro atoms. The van der Waals surface area contributed by atoms with Gasteiger partial charge >= 0.3 is 6.09 Å². The molecule has 1 aliphatic rings. The first-order valence-corrected chi connectivity index (χ1v) is 8.31. The average Bonchev–Trinajstić information content (AvgIpc) is 3.06. The Morgan fingerprint density at radius 1 is 1.56 bits per heavy atom. The van der Waals surface area contributed by atoms with Crippen molar-refractivity contribution in [1.82, 2.24) is 9.88 Å². The van der Waals surface area contributed by atoms with E-state index in [4.69, 9.17) is 9.57 Å². The van der Waals surface area contributed by atoms with Crippen LogP contribution in [0.1, 0.15) is 6.92 Å². The second-order valence-electron chi connectivity index (χ2n) is 5.55. The third-order valence-electron chi connectivity index (χ3n) is 3.77. The Hall–Kier alpha value is -2.62. The van der Waals surface area contributed by atoms with E-state index in [1.54, 1.807) is 17.7 Å². The summed E-state index contributed by atoms with van der Waals surface area (Å²) in [5, 5.41) is 6.45. The number of hydrogen-bond donors (Lipinski definition) is 1. The van der Waals surface area contributed by atoms with Gasteiger partial charge in [-0.05, 0) is 6.07 Å². The van der Waals surface area contributed by atoms with Crippen LogP contribution in [0.15, 0.2) is 17.3 Å². The number of benzene rings is 1. The Morgan fingerprint density at radius 2 is 2.32 bits per heavy atom. The van der Waals surface area contributed by atoms with Crippen molar-refractivity contribution in [2.45, 2.75) is 13.0 Å². The van der Waals surface area contributed by atoms with Gasteiger partial charge in [0, 0.05) is 20.0 Å². The third-order valence-corrected chi connectivity index (χ3v) is 4.83. The molecule has 1 N–H and O–H groups in total. The zero-order valence-electron chi connectivity index (χ0n) is 13.9. The molecule has 1 saturated heterocycles. The van der Waals surface area contributed by atoms with E-state index >= 15 is 0 Å². The van der Waals surface area contributed by atoms with Crippen LogP contribution in [0.3, 0.4) is 0 Å². The molecule has 3 rings (SSSR count). The SMILES string of the molecule is CON=c1sc2cc(N3C[C@H](CNC(C)=O)OC3=O)cc(F)c2n1C. The lowest BCUT2D eigenvalue weighted by atomic mass is 10.2. The maximum Gasteiger partial charge on any atom is 0.414 e. The lowest BCUT2D eigenvalue weighted by Gasteiger charge is -2.13. The molecule has 2 amide bonds. The van der Waals surface area contributed by atoms with Crippen LogP contribution in [0.5, 0.6) is 0 Å². The summed E-state index contributed by atoms with van der Waals surface area (Å²) < 4.78 is 22.0. The van der Waals surface area contributed by atoms with Crippen LogP contribution in [0.2, 0.25) is 0 Å². The van der Waals surface area contributed by atoms with Gasteiger partial charge in [-0.15, -0.1) is 0 Å². The maximum absolute atomic E-state index is 14.6. The van der Waals surface area contributed by atoms with E-state index < -0.39 is 18.0 Å². The summed E-state index contributed by atoms with van der Waals surface area (Å²) in [4.78, 5) is 29.7. The smallest absolute Gasteiger partial charge is 0.414 e. The maximum atomic E-state index is 14.6. The van der Waals surface area contributed by atoms with Crippen LogP contribution in [0.25, 0.3) is 10.2 Å². The molecule has 1 aromatic carbocycles. The number of nitrogens with zero attached hydrogens (tertiary/aromatic N) is 3. The first kappa shape index (κ1) is 17.2. The fourth-order valence-corrected chi connectivity index (χ4v) is 3.68. The van der Waals surface area contributed by atoms with Gasteiger partial charge < -0.3 is 19.5 Å². The molecule has 10 heteroatoms. The van der Waals surface area contributed by atoms with Crippen LogP contribution in [0, 0.1) is 5.82 Å². The number of fused-ring (bicyclic) bond motifs is 1. The summed E-state index contributed by atoms with van der Waals surface area (Å²) in [5.74, 6) is -0.676. The summed E-state index contributed by atoms with van der Waals surface area (Å²) in [6.45, 7) is 1.83. The van der Waals surface area contributed by atoms with Crippen LogP contribution < -0.4 is 15.0 Å². The molecule has 134 valence electrons. The number of cyclic esters (lactones) is 1. The molecule has 0 aliphatic carbocycles. The van der Waals surface area contributed by atoms with Gasteiger partial charge in [-0.2, -0.15) is 0 Å². The number of amides is 2. The molecule has 0 saturated carbocycles. The number of ether oxygens (including phenoxy) is 1. The van der Waals surface area contributed by atoms with E-state index in [0.717, 1.165) is 0 Å². The lowest BCUT2D eigenvalue weighted by Crippen LogP contribution is -2.33. The van der Waals surface area contributed by atoms with E-state index in [1.165, 1.54) is 36.3 Å². The molecule has 25 heavy (non-hydrogen) atoms. The van der Waals surface area contributed by atoms with E-state index in [0.29, 0.717) is 20.7 Å². The minimum Gasteiger partial charge on any atom is -0.442 e. The number of rotatable bonds is 4. The van der Waals surface area contributed by atoms with Gasteiger partial charge in [0.05, 0.1) is 29.0 Å². The number of carbonyl (C=O) groups is 2. The van der Waals surface area contributed by atoms with Crippen LogP contribution in [-0.2, 0) is 21.4 Å². The van der Waals surface area contributed by atoms with Crippen molar-refractivity contribution in [1.29, 1.82) is 0 Å². The monoisotopic (exact) mass is 368 g/mol. The number of halogens is 1. The van der Waals surface area contributed by atoms with Gasteiger partial charge in [0.25, 0.3) is 0 Å². The first-order chi connectivity index (χ1) is 11.9. The normalized spacial score (nSPS) is 17.9. The Kier molecular flexibility index (Phi) is 4.62. The van der Waals surface area contributed by atoms with Gasteiger partial charge in [0.2, 0.25) is 10.7 Å². The van der Waals surface area contributed by atoms with Crippen molar-refractivity contribution in [2.75, 3.05) is 25.1 Å². The van der Waals surface area contributed by atoms with Gasteiger partial charge in [-0.1, -0.05) is 16.5 Å². The summed E-state index contributed by atoms with van der Waals surface area (Å²) >= 11 is 1.25. The molecule has 0 radical (unpaired) electrons. The largest absolute Gasteiger partial charge is 0.442 e. The zero-order valence-corrected chi connectivity index (χ0v) is 14.7.